The topological polar surface area (TPSA) is 156 Å². The molecule has 13 heteroatoms. The average Bonchev–Trinajstić information content (AvgIpc) is 3.74. The number of sulfonamides is 1. The van der Waals surface area contributed by atoms with Gasteiger partial charge in [0.25, 0.3) is 0 Å². The van der Waals surface area contributed by atoms with Crippen LogP contribution in [0.4, 0.5) is 5.69 Å². The predicted molar refractivity (Wildman–Crippen MR) is 211 cm³/mol. The summed E-state index contributed by atoms with van der Waals surface area (Å²) in [5.41, 5.74) is 5.58. The Morgan fingerprint density at radius 3 is 2.24 bits per heavy atom. The van der Waals surface area contributed by atoms with Crippen molar-refractivity contribution in [1.82, 2.24) is 19.9 Å². The summed E-state index contributed by atoms with van der Waals surface area (Å²) in [4.78, 5) is 18.3. The van der Waals surface area contributed by atoms with E-state index in [4.69, 9.17) is 9.47 Å². The van der Waals surface area contributed by atoms with Crippen molar-refractivity contribution in [2.75, 3.05) is 11.1 Å². The second kappa shape index (κ2) is 17.5. The van der Waals surface area contributed by atoms with Crippen LogP contribution in [0, 0.1) is 6.92 Å². The lowest BCUT2D eigenvalue weighted by atomic mass is 9.84. The molecule has 4 N–H and O–H groups in total. The van der Waals surface area contributed by atoms with Crippen LogP contribution >= 0.6 is 11.8 Å². The van der Waals surface area contributed by atoms with Crippen LogP contribution in [-0.2, 0) is 37.3 Å². The van der Waals surface area contributed by atoms with Gasteiger partial charge >= 0.3 is 0 Å². The molecular weight excluding hydrogens is 735 g/mol. The minimum atomic E-state index is -4.03. The van der Waals surface area contributed by atoms with E-state index < -0.39 is 34.4 Å². The van der Waals surface area contributed by atoms with E-state index in [0.29, 0.717) is 22.2 Å². The average molecular weight is 776 g/mol. The Labute approximate surface area is 324 Å². The zero-order chi connectivity index (χ0) is 38.2. The van der Waals surface area contributed by atoms with Crippen molar-refractivity contribution in [3.8, 4) is 0 Å². The number of amides is 1. The quantitative estimate of drug-likeness (QED) is 0.0869. The van der Waals surface area contributed by atoms with Gasteiger partial charge < -0.3 is 19.9 Å². The number of hydrogen-bond donors (Lipinski definition) is 4. The van der Waals surface area contributed by atoms with Crippen LogP contribution in [-0.4, -0.2) is 52.5 Å². The van der Waals surface area contributed by atoms with E-state index in [-0.39, 0.29) is 29.9 Å². The van der Waals surface area contributed by atoms with Crippen molar-refractivity contribution in [2.24, 2.45) is 0 Å². The maximum Gasteiger partial charge on any atom is 0.242 e. The first-order chi connectivity index (χ1) is 26.8. The molecule has 55 heavy (non-hydrogen) atoms. The van der Waals surface area contributed by atoms with Gasteiger partial charge in [-0.05, 0) is 59.9 Å². The molecule has 11 nitrogen and oxygen atoms in total. The summed E-state index contributed by atoms with van der Waals surface area (Å²) >= 11 is 1.50. The molecule has 0 saturated carbocycles. The summed E-state index contributed by atoms with van der Waals surface area (Å²) in [7, 11) is -4.03. The van der Waals surface area contributed by atoms with E-state index >= 15 is 0 Å². The Morgan fingerprint density at radius 2 is 1.55 bits per heavy atom. The number of aliphatic hydroxyl groups is 1. The summed E-state index contributed by atoms with van der Waals surface area (Å²) in [6.07, 6.45) is -0.0374. The molecule has 1 fully saturated rings. The monoisotopic (exact) mass is 775 g/mol. The number of aromatic amines is 1. The van der Waals surface area contributed by atoms with Gasteiger partial charge in [0.15, 0.2) is 11.4 Å². The number of aryl methyl sites for hydroxylation is 1. The zero-order valence-corrected chi connectivity index (χ0v) is 31.6. The highest BCUT2D eigenvalue weighted by atomic mass is 32.2. The molecular formula is C42H41N5O6S2. The van der Waals surface area contributed by atoms with Crippen molar-refractivity contribution in [2.45, 2.75) is 60.5 Å². The molecule has 1 aromatic heterocycles. The van der Waals surface area contributed by atoms with E-state index in [0.717, 1.165) is 27.8 Å². The maximum atomic E-state index is 14.0. The summed E-state index contributed by atoms with van der Waals surface area (Å²) < 4.78 is 43.2. The number of aromatic nitrogens is 3. The highest BCUT2D eigenvalue weighted by Crippen LogP contribution is 2.48. The molecule has 282 valence electrons. The van der Waals surface area contributed by atoms with Crippen molar-refractivity contribution in [3.63, 3.8) is 0 Å². The highest BCUT2D eigenvalue weighted by molar-refractivity contribution is 7.99. The van der Waals surface area contributed by atoms with Gasteiger partial charge in [0, 0.05) is 22.9 Å². The van der Waals surface area contributed by atoms with E-state index in [1.807, 2.05) is 85.8 Å². The second-order valence-electron chi connectivity index (χ2n) is 13.3. The fraction of sp³-hybridized carbons (Fsp3) is 0.214. The molecule has 2 heterocycles. The van der Waals surface area contributed by atoms with Gasteiger partial charge in [-0.25, -0.2) is 13.4 Å². The first-order valence-electron chi connectivity index (χ1n) is 17.8. The molecule has 5 aromatic carbocycles. The Kier molecular flexibility index (Phi) is 12.2. The van der Waals surface area contributed by atoms with Gasteiger partial charge in [-0.1, -0.05) is 127 Å². The molecule has 6 aromatic rings. The van der Waals surface area contributed by atoms with E-state index in [9.17, 15) is 18.3 Å². The lowest BCUT2D eigenvalue weighted by Crippen LogP contribution is -2.45. The van der Waals surface area contributed by atoms with Crippen LogP contribution < -0.4 is 10.0 Å². The molecule has 1 aliphatic heterocycles. The maximum absolute atomic E-state index is 14.0. The molecule has 0 radical (unpaired) electrons. The van der Waals surface area contributed by atoms with Crippen molar-refractivity contribution >= 4 is 33.4 Å². The third-order valence-electron chi connectivity index (χ3n) is 9.40. The Morgan fingerprint density at radius 1 is 0.836 bits per heavy atom. The van der Waals surface area contributed by atoms with Gasteiger partial charge in [0.1, 0.15) is 12.4 Å². The predicted octanol–water partition coefficient (Wildman–Crippen LogP) is 6.87. The van der Waals surface area contributed by atoms with Gasteiger partial charge in [0.05, 0.1) is 23.7 Å². The number of benzene rings is 5. The molecule has 0 aliphatic carbocycles. The van der Waals surface area contributed by atoms with Crippen LogP contribution in [0.5, 0.6) is 0 Å². The first-order valence-corrected chi connectivity index (χ1v) is 20.3. The first kappa shape index (κ1) is 38.1. The van der Waals surface area contributed by atoms with Crippen LogP contribution in [0.25, 0.3) is 0 Å². The zero-order valence-electron chi connectivity index (χ0n) is 30.0. The lowest BCUT2D eigenvalue weighted by molar-refractivity contribution is -0.255. The molecule has 7 rings (SSSR count). The summed E-state index contributed by atoms with van der Waals surface area (Å²) in [6, 6.07) is 39.6. The second-order valence-corrected chi connectivity index (χ2v) is 16.0. The van der Waals surface area contributed by atoms with Crippen LogP contribution in [0.15, 0.2) is 150 Å². The Bertz CT molecular complexity index is 2260. The van der Waals surface area contributed by atoms with Gasteiger partial charge in [-0.15, -0.1) is 0 Å². The number of carbonyl (C=O) groups is 1. The number of aliphatic hydroxyl groups excluding tert-OH is 1. The highest BCUT2D eigenvalue weighted by Gasteiger charge is 2.42. The van der Waals surface area contributed by atoms with Crippen LogP contribution in [0.1, 0.15) is 51.7 Å². The van der Waals surface area contributed by atoms with E-state index in [1.54, 1.807) is 30.3 Å². The van der Waals surface area contributed by atoms with Gasteiger partial charge in [-0.3, -0.25) is 9.89 Å². The number of ether oxygens (including phenoxy) is 2. The van der Waals surface area contributed by atoms with Crippen molar-refractivity contribution in [3.05, 3.63) is 173 Å². The summed E-state index contributed by atoms with van der Waals surface area (Å²) in [5.74, 6) is -0.205. The number of rotatable bonds is 14. The third kappa shape index (κ3) is 9.57. The van der Waals surface area contributed by atoms with Gasteiger partial charge in [-0.2, -0.15) is 9.82 Å². The Hall–Kier alpha value is -5.15. The number of H-pyrrole nitrogens is 1. The van der Waals surface area contributed by atoms with Crippen LogP contribution in [0.2, 0.25) is 0 Å². The number of hydrogen-bond acceptors (Lipinski definition) is 9. The van der Waals surface area contributed by atoms with Gasteiger partial charge in [0.2, 0.25) is 15.9 Å². The fourth-order valence-electron chi connectivity index (χ4n) is 6.58. The number of thioether (sulfide) groups is 1. The largest absolute Gasteiger partial charge is 0.392 e. The van der Waals surface area contributed by atoms with E-state index in [2.05, 4.69) is 37.4 Å². The smallest absolute Gasteiger partial charge is 0.242 e. The van der Waals surface area contributed by atoms with Crippen LogP contribution in [0.3, 0.4) is 0 Å². The third-order valence-corrected chi connectivity index (χ3v) is 11.9. The Balaban J connectivity index is 1.18. The summed E-state index contributed by atoms with van der Waals surface area (Å²) in [6.45, 7) is 1.80. The molecule has 1 saturated heterocycles. The molecule has 0 bridgehead atoms. The normalized spacial score (nSPS) is 19.1. The number of anilines is 1. The minimum Gasteiger partial charge on any atom is -0.392 e. The van der Waals surface area contributed by atoms with E-state index in [1.165, 1.54) is 30.2 Å². The number of carbonyl (C=O) groups excluding carboxylic acids is 1. The number of nitrogens with one attached hydrogen (secondary N) is 3. The molecule has 0 spiro atoms. The van der Waals surface area contributed by atoms with Crippen molar-refractivity contribution in [1.29, 1.82) is 0 Å². The van der Waals surface area contributed by atoms with Crippen molar-refractivity contribution < 1.29 is 27.8 Å². The fourth-order valence-corrected chi connectivity index (χ4v) is 8.62. The molecule has 5 unspecified atom stereocenters. The lowest BCUT2D eigenvalue weighted by Gasteiger charge is -2.43. The SMILES string of the molecule is Cc1ccc(S(=O)(=O)NC(Cc2ccccc2)C(=O)Nc2cccc(C3OC(CSc4ncn[nH]4)C(c4ccccc4)C(c4ccc(CO)cc4)O3)c2)cc1. The standard InChI is InChI=1S/C42H41N5O6S2/c1-28-15-21-35(22-16-28)55(50,51)47-36(23-29-9-4-2-5-10-29)40(49)45-34-14-8-13-33(24-34)41-52-37(26-54-42-43-27-44-46-42)38(31-11-6-3-7-12-31)39(53-41)32-19-17-30(25-48)18-20-32/h2-22,24,27,36-39,41,47-48H,23,25-26H2,1H3,(H,45,49)(H,43,44,46). The molecule has 1 aliphatic rings. The summed E-state index contributed by atoms with van der Waals surface area (Å²) in [5, 5.41) is 20.3. The number of nitrogens with zero attached hydrogens (tertiary/aromatic N) is 2. The molecule has 1 amide bonds. The minimum absolute atomic E-state index is 0.0722. The molecule has 5 atom stereocenters.